The largest absolute Gasteiger partial charge is 0.391 e. The van der Waals surface area contributed by atoms with E-state index in [0.717, 1.165) is 11.4 Å². The zero-order valence-electron chi connectivity index (χ0n) is 11.2. The maximum atomic E-state index is 12.0. The van der Waals surface area contributed by atoms with Gasteiger partial charge in [0.1, 0.15) is 0 Å². The van der Waals surface area contributed by atoms with Crippen molar-refractivity contribution < 1.29 is 9.90 Å². The van der Waals surface area contributed by atoms with Gasteiger partial charge in [-0.05, 0) is 36.5 Å². The minimum Gasteiger partial charge on any atom is -0.391 e. The van der Waals surface area contributed by atoms with Gasteiger partial charge in [0.25, 0.3) is 0 Å². The van der Waals surface area contributed by atoms with Crippen molar-refractivity contribution in [1.82, 2.24) is 4.90 Å². The number of rotatable bonds is 4. The monoisotopic (exact) mass is 281 g/mol. The molecule has 1 N–H and O–H groups in total. The van der Waals surface area contributed by atoms with Gasteiger partial charge >= 0.3 is 0 Å². The molecule has 1 unspecified atom stereocenters. The lowest BCUT2D eigenvalue weighted by molar-refractivity contribution is -0.131. The van der Waals surface area contributed by atoms with E-state index in [1.54, 1.807) is 4.90 Å². The van der Waals surface area contributed by atoms with E-state index in [1.165, 1.54) is 5.56 Å². The van der Waals surface area contributed by atoms with Gasteiger partial charge in [-0.1, -0.05) is 30.7 Å². The first-order chi connectivity index (χ1) is 9.04. The van der Waals surface area contributed by atoms with Crippen LogP contribution in [0.25, 0.3) is 0 Å². The standard InChI is InChI=1S/C15H20ClNO2/c1-11(8-12-2-4-13(16)5-3-12)9-15(19)17-7-6-14(18)10-17/h2-5,11,14,18H,6-10H2,1H3/t11?,14-/m1/s1. The molecule has 1 saturated heterocycles. The Bertz CT molecular complexity index is 432. The van der Waals surface area contributed by atoms with Crippen LogP contribution >= 0.6 is 11.6 Å². The summed E-state index contributed by atoms with van der Waals surface area (Å²) in [5, 5.41) is 10.2. The van der Waals surface area contributed by atoms with Gasteiger partial charge in [0, 0.05) is 24.5 Å². The number of aliphatic hydroxyl groups excluding tert-OH is 1. The van der Waals surface area contributed by atoms with E-state index in [1.807, 2.05) is 24.3 Å². The molecule has 19 heavy (non-hydrogen) atoms. The van der Waals surface area contributed by atoms with Crippen molar-refractivity contribution >= 4 is 17.5 Å². The highest BCUT2D eigenvalue weighted by atomic mass is 35.5. The van der Waals surface area contributed by atoms with Crippen LogP contribution in [0.1, 0.15) is 25.3 Å². The summed E-state index contributed by atoms with van der Waals surface area (Å²) in [7, 11) is 0. The summed E-state index contributed by atoms with van der Waals surface area (Å²) in [5.74, 6) is 0.449. The number of likely N-dealkylation sites (tertiary alicyclic amines) is 1. The van der Waals surface area contributed by atoms with Gasteiger partial charge in [-0.15, -0.1) is 0 Å². The second-order valence-electron chi connectivity index (χ2n) is 5.42. The van der Waals surface area contributed by atoms with Gasteiger partial charge in [-0.3, -0.25) is 4.79 Å². The Balaban J connectivity index is 1.82. The first kappa shape index (κ1) is 14.4. The summed E-state index contributed by atoms with van der Waals surface area (Å²) >= 11 is 5.85. The third kappa shape index (κ3) is 4.22. The van der Waals surface area contributed by atoms with Gasteiger partial charge in [0.05, 0.1) is 6.10 Å². The molecular formula is C15H20ClNO2. The molecule has 104 valence electrons. The van der Waals surface area contributed by atoms with Crippen molar-refractivity contribution in [3.05, 3.63) is 34.9 Å². The van der Waals surface area contributed by atoms with E-state index in [2.05, 4.69) is 6.92 Å². The van der Waals surface area contributed by atoms with Crippen molar-refractivity contribution in [3.63, 3.8) is 0 Å². The molecule has 4 heteroatoms. The lowest BCUT2D eigenvalue weighted by atomic mass is 9.97. The molecule has 0 aromatic heterocycles. The van der Waals surface area contributed by atoms with Gasteiger partial charge in [-0.25, -0.2) is 0 Å². The van der Waals surface area contributed by atoms with E-state index in [9.17, 15) is 9.90 Å². The van der Waals surface area contributed by atoms with Gasteiger partial charge < -0.3 is 10.0 Å². The fourth-order valence-electron chi connectivity index (χ4n) is 2.49. The summed E-state index contributed by atoms with van der Waals surface area (Å²) in [5.41, 5.74) is 1.20. The van der Waals surface area contributed by atoms with Crippen LogP contribution in [0.3, 0.4) is 0 Å². The average molecular weight is 282 g/mol. The van der Waals surface area contributed by atoms with Crippen LogP contribution in [0, 0.1) is 5.92 Å². The number of carbonyl (C=O) groups excluding carboxylic acids is 1. The third-order valence-corrected chi connectivity index (χ3v) is 3.79. The maximum Gasteiger partial charge on any atom is 0.222 e. The van der Waals surface area contributed by atoms with Crippen molar-refractivity contribution in [2.24, 2.45) is 5.92 Å². The van der Waals surface area contributed by atoms with Gasteiger partial charge in [0.2, 0.25) is 5.91 Å². The number of hydrogen-bond acceptors (Lipinski definition) is 2. The van der Waals surface area contributed by atoms with Gasteiger partial charge in [-0.2, -0.15) is 0 Å². The van der Waals surface area contributed by atoms with E-state index in [4.69, 9.17) is 11.6 Å². The normalized spacial score (nSPS) is 20.6. The van der Waals surface area contributed by atoms with Crippen LogP contribution in [-0.4, -0.2) is 35.1 Å². The lowest BCUT2D eigenvalue weighted by Crippen LogP contribution is -2.30. The molecule has 1 aromatic rings. The van der Waals surface area contributed by atoms with E-state index >= 15 is 0 Å². The van der Waals surface area contributed by atoms with Crippen molar-refractivity contribution in [2.45, 2.75) is 32.3 Å². The summed E-state index contributed by atoms with van der Waals surface area (Å²) in [6.45, 7) is 3.26. The maximum absolute atomic E-state index is 12.0. The minimum absolute atomic E-state index is 0.151. The molecule has 0 saturated carbocycles. The molecule has 2 rings (SSSR count). The molecule has 0 aliphatic carbocycles. The number of carbonyl (C=O) groups is 1. The lowest BCUT2D eigenvalue weighted by Gasteiger charge is -2.18. The van der Waals surface area contributed by atoms with Crippen molar-refractivity contribution in [1.29, 1.82) is 0 Å². The molecule has 0 bridgehead atoms. The topological polar surface area (TPSA) is 40.5 Å². The molecule has 1 aromatic carbocycles. The predicted molar refractivity (Wildman–Crippen MR) is 76.1 cm³/mol. The van der Waals surface area contributed by atoms with Gasteiger partial charge in [0.15, 0.2) is 0 Å². The zero-order valence-corrected chi connectivity index (χ0v) is 11.9. The van der Waals surface area contributed by atoms with Crippen LogP contribution in [0.5, 0.6) is 0 Å². The Morgan fingerprint density at radius 1 is 1.47 bits per heavy atom. The molecule has 3 nitrogen and oxygen atoms in total. The Hall–Kier alpha value is -1.06. The minimum atomic E-state index is -0.337. The van der Waals surface area contributed by atoms with Crippen LogP contribution < -0.4 is 0 Å². The summed E-state index contributed by atoms with van der Waals surface area (Å²) in [6.07, 6.45) is 1.78. The molecule has 0 spiro atoms. The number of benzene rings is 1. The van der Waals surface area contributed by atoms with Crippen LogP contribution in [-0.2, 0) is 11.2 Å². The number of amides is 1. The smallest absolute Gasteiger partial charge is 0.222 e. The molecule has 0 radical (unpaired) electrons. The molecule has 1 fully saturated rings. The SMILES string of the molecule is CC(CC(=O)N1CC[C@@H](O)C1)Cc1ccc(Cl)cc1. The average Bonchev–Trinajstić information content (AvgIpc) is 2.79. The zero-order chi connectivity index (χ0) is 13.8. The van der Waals surface area contributed by atoms with Crippen LogP contribution in [0.4, 0.5) is 0 Å². The molecular weight excluding hydrogens is 262 g/mol. The van der Waals surface area contributed by atoms with Crippen molar-refractivity contribution in [3.8, 4) is 0 Å². The Kier molecular flexibility index (Phi) is 4.83. The van der Waals surface area contributed by atoms with Crippen LogP contribution in [0.2, 0.25) is 5.02 Å². The molecule has 1 aliphatic rings. The number of halogens is 1. The van der Waals surface area contributed by atoms with E-state index in [-0.39, 0.29) is 12.0 Å². The summed E-state index contributed by atoms with van der Waals surface area (Å²) in [6, 6.07) is 7.76. The first-order valence-corrected chi connectivity index (χ1v) is 7.12. The van der Waals surface area contributed by atoms with E-state index in [0.29, 0.717) is 31.8 Å². The number of aliphatic hydroxyl groups is 1. The Labute approximate surface area is 119 Å². The Morgan fingerprint density at radius 2 is 2.16 bits per heavy atom. The number of hydrogen-bond donors (Lipinski definition) is 1. The number of nitrogens with zero attached hydrogens (tertiary/aromatic N) is 1. The quantitative estimate of drug-likeness (QED) is 0.921. The number of β-amino-alcohol motifs (C(OH)–C–C–N with tert-alkyl or cyclic N) is 1. The predicted octanol–water partition coefficient (Wildman–Crippen LogP) is 2.50. The highest BCUT2D eigenvalue weighted by Gasteiger charge is 2.25. The summed E-state index contributed by atoms with van der Waals surface area (Å²) in [4.78, 5) is 13.8. The molecule has 1 heterocycles. The summed E-state index contributed by atoms with van der Waals surface area (Å²) < 4.78 is 0. The fourth-order valence-corrected chi connectivity index (χ4v) is 2.62. The highest BCUT2D eigenvalue weighted by Crippen LogP contribution is 2.18. The third-order valence-electron chi connectivity index (χ3n) is 3.54. The molecule has 1 amide bonds. The fraction of sp³-hybridized carbons (Fsp3) is 0.533. The highest BCUT2D eigenvalue weighted by molar-refractivity contribution is 6.30. The first-order valence-electron chi connectivity index (χ1n) is 6.75. The second kappa shape index (κ2) is 6.40. The molecule has 2 atom stereocenters. The van der Waals surface area contributed by atoms with Crippen molar-refractivity contribution in [2.75, 3.05) is 13.1 Å². The second-order valence-corrected chi connectivity index (χ2v) is 5.86. The van der Waals surface area contributed by atoms with E-state index < -0.39 is 0 Å². The molecule has 1 aliphatic heterocycles. The Morgan fingerprint density at radius 3 is 2.74 bits per heavy atom. The van der Waals surface area contributed by atoms with Crippen LogP contribution in [0.15, 0.2) is 24.3 Å².